The van der Waals surface area contributed by atoms with Crippen molar-refractivity contribution >= 4 is 23.7 Å². The fraction of sp³-hybridized carbons (Fsp3) is 0.600. The Morgan fingerprint density at radius 1 is 1.19 bits per heavy atom. The predicted molar refractivity (Wildman–Crippen MR) is 103 cm³/mol. The summed E-state index contributed by atoms with van der Waals surface area (Å²) >= 11 is 5.95. The summed E-state index contributed by atoms with van der Waals surface area (Å²) in [7, 11) is 0. The number of alkyl carbamates (subject to hydrolysis) is 1. The highest BCUT2D eigenvalue weighted by atomic mass is 35.5. The number of benzene rings is 1. The van der Waals surface area contributed by atoms with Crippen molar-refractivity contribution in [3.63, 3.8) is 0 Å². The maximum absolute atomic E-state index is 12.9. The van der Waals surface area contributed by atoms with E-state index in [1.165, 1.54) is 0 Å². The number of ether oxygens (including phenoxy) is 2. The summed E-state index contributed by atoms with van der Waals surface area (Å²) in [6.07, 6.45) is 1.30. The summed E-state index contributed by atoms with van der Waals surface area (Å²) in [6.45, 7) is 8.21. The lowest BCUT2D eigenvalue weighted by molar-refractivity contribution is -0.161. The lowest BCUT2D eigenvalue weighted by Crippen LogP contribution is -2.52. The van der Waals surface area contributed by atoms with Crippen molar-refractivity contribution in [1.29, 1.82) is 0 Å². The van der Waals surface area contributed by atoms with Crippen LogP contribution >= 0.6 is 11.6 Å². The van der Waals surface area contributed by atoms with E-state index in [1.807, 2.05) is 0 Å². The number of piperidine rings is 3. The van der Waals surface area contributed by atoms with Gasteiger partial charge in [-0.3, -0.25) is 4.90 Å². The third-order valence-electron chi connectivity index (χ3n) is 4.96. The molecular weight excluding hydrogens is 368 g/mol. The topological polar surface area (TPSA) is 67.9 Å². The number of carbonyl (C=O) groups is 2. The van der Waals surface area contributed by atoms with Crippen LogP contribution in [0.15, 0.2) is 24.3 Å². The Labute approximate surface area is 165 Å². The first kappa shape index (κ1) is 20.0. The van der Waals surface area contributed by atoms with Crippen LogP contribution in [0.4, 0.5) is 4.79 Å². The van der Waals surface area contributed by atoms with Crippen LogP contribution in [0.3, 0.4) is 0 Å². The Morgan fingerprint density at radius 3 is 2.33 bits per heavy atom. The van der Waals surface area contributed by atoms with E-state index in [1.54, 1.807) is 45.0 Å². The number of carbonyl (C=O) groups excluding carboxylic acids is 2. The molecule has 1 N–H and O–H groups in total. The first-order chi connectivity index (χ1) is 12.7. The molecule has 2 bridgehead atoms. The molecule has 0 aliphatic carbocycles. The molecule has 0 saturated carbocycles. The standard InChI is InChI=1S/C20H27ClN2O4/c1-20(2,3)27-19(25)22-17(14-4-6-15(21)7-5-14)18(24)26-16-12-23-10-8-13(16)9-11-23/h4-7,13,16-17H,8-12H2,1-3H3,(H,22,25). The molecule has 0 radical (unpaired) electrons. The normalized spacial score (nSPS) is 25.6. The average molecular weight is 395 g/mol. The SMILES string of the molecule is CC(C)(C)OC(=O)NC(C(=O)OC1CN2CCC1CC2)c1ccc(Cl)cc1. The van der Waals surface area contributed by atoms with Crippen molar-refractivity contribution in [3.05, 3.63) is 34.9 Å². The number of nitrogens with one attached hydrogen (secondary N) is 1. The number of rotatable bonds is 4. The van der Waals surface area contributed by atoms with E-state index in [9.17, 15) is 9.59 Å². The molecule has 0 spiro atoms. The maximum atomic E-state index is 12.9. The van der Waals surface area contributed by atoms with Crippen LogP contribution < -0.4 is 5.32 Å². The molecule has 3 aliphatic rings. The van der Waals surface area contributed by atoms with Crippen molar-refractivity contribution < 1.29 is 19.1 Å². The van der Waals surface area contributed by atoms with Crippen LogP contribution in [0, 0.1) is 5.92 Å². The Balaban J connectivity index is 1.73. The number of hydrogen-bond donors (Lipinski definition) is 1. The number of fused-ring (bicyclic) bond motifs is 3. The zero-order valence-electron chi connectivity index (χ0n) is 16.0. The van der Waals surface area contributed by atoms with Gasteiger partial charge in [-0.15, -0.1) is 0 Å². The molecule has 6 nitrogen and oxygen atoms in total. The second-order valence-corrected chi connectivity index (χ2v) is 8.68. The third-order valence-corrected chi connectivity index (χ3v) is 5.22. The molecule has 3 saturated heterocycles. The first-order valence-electron chi connectivity index (χ1n) is 9.39. The van der Waals surface area contributed by atoms with Gasteiger partial charge in [0.05, 0.1) is 0 Å². The van der Waals surface area contributed by atoms with Crippen LogP contribution in [0.1, 0.15) is 45.2 Å². The number of nitrogens with zero attached hydrogens (tertiary/aromatic N) is 1. The molecule has 3 fully saturated rings. The highest BCUT2D eigenvalue weighted by molar-refractivity contribution is 6.30. The highest BCUT2D eigenvalue weighted by Crippen LogP contribution is 2.31. The Hall–Kier alpha value is -1.79. The van der Waals surface area contributed by atoms with E-state index in [2.05, 4.69) is 10.2 Å². The van der Waals surface area contributed by atoms with Gasteiger partial charge >= 0.3 is 12.1 Å². The van der Waals surface area contributed by atoms with Gasteiger partial charge in [0, 0.05) is 11.6 Å². The van der Waals surface area contributed by atoms with Gasteiger partial charge in [0.2, 0.25) is 0 Å². The molecule has 2 atom stereocenters. The zero-order chi connectivity index (χ0) is 19.6. The summed E-state index contributed by atoms with van der Waals surface area (Å²) in [5, 5.41) is 3.21. The Bertz CT molecular complexity index is 678. The van der Waals surface area contributed by atoms with Gasteiger partial charge in [-0.25, -0.2) is 9.59 Å². The lowest BCUT2D eigenvalue weighted by atomic mass is 9.86. The van der Waals surface area contributed by atoms with Crippen LogP contribution in [0.2, 0.25) is 5.02 Å². The molecule has 0 aromatic heterocycles. The molecule has 27 heavy (non-hydrogen) atoms. The molecule has 7 heteroatoms. The van der Waals surface area contributed by atoms with E-state index < -0.39 is 23.7 Å². The molecule has 1 aromatic rings. The second kappa shape index (κ2) is 8.07. The fourth-order valence-electron chi connectivity index (χ4n) is 3.62. The van der Waals surface area contributed by atoms with Gasteiger partial charge in [0.1, 0.15) is 11.7 Å². The van der Waals surface area contributed by atoms with Crippen LogP contribution in [-0.4, -0.2) is 48.3 Å². The molecule has 148 valence electrons. The van der Waals surface area contributed by atoms with Crippen LogP contribution in [0.5, 0.6) is 0 Å². The number of hydrogen-bond acceptors (Lipinski definition) is 5. The minimum absolute atomic E-state index is 0.129. The van der Waals surface area contributed by atoms with Crippen molar-refractivity contribution in [2.75, 3.05) is 19.6 Å². The van der Waals surface area contributed by atoms with E-state index in [0.717, 1.165) is 32.5 Å². The average Bonchev–Trinajstić information content (AvgIpc) is 2.60. The van der Waals surface area contributed by atoms with Crippen LogP contribution in [-0.2, 0) is 14.3 Å². The fourth-order valence-corrected chi connectivity index (χ4v) is 3.75. The highest BCUT2D eigenvalue weighted by Gasteiger charge is 2.38. The molecule has 2 unspecified atom stereocenters. The van der Waals surface area contributed by atoms with Crippen molar-refractivity contribution in [2.24, 2.45) is 5.92 Å². The van der Waals surface area contributed by atoms with E-state index in [4.69, 9.17) is 21.1 Å². The summed E-state index contributed by atoms with van der Waals surface area (Å²) in [6, 6.07) is 5.85. The Kier molecular flexibility index (Phi) is 5.96. The summed E-state index contributed by atoms with van der Waals surface area (Å²) in [5.74, 6) is -0.0757. The van der Waals surface area contributed by atoms with Gasteiger partial charge in [-0.05, 0) is 70.3 Å². The van der Waals surface area contributed by atoms with Gasteiger partial charge in [0.15, 0.2) is 6.04 Å². The van der Waals surface area contributed by atoms with Gasteiger partial charge < -0.3 is 14.8 Å². The van der Waals surface area contributed by atoms with E-state index >= 15 is 0 Å². The van der Waals surface area contributed by atoms with Crippen molar-refractivity contribution in [3.8, 4) is 0 Å². The number of amides is 1. The molecule has 1 aromatic carbocycles. The number of halogens is 1. The zero-order valence-corrected chi connectivity index (χ0v) is 16.8. The van der Waals surface area contributed by atoms with E-state index in [0.29, 0.717) is 16.5 Å². The smallest absolute Gasteiger partial charge is 0.408 e. The number of esters is 1. The quantitative estimate of drug-likeness (QED) is 0.791. The molecule has 1 amide bonds. The minimum Gasteiger partial charge on any atom is -0.459 e. The van der Waals surface area contributed by atoms with Gasteiger partial charge in [0.25, 0.3) is 0 Å². The summed E-state index contributed by atoms with van der Waals surface area (Å²) in [4.78, 5) is 27.5. The molecule has 4 rings (SSSR count). The van der Waals surface area contributed by atoms with Crippen molar-refractivity contribution in [1.82, 2.24) is 10.2 Å². The largest absolute Gasteiger partial charge is 0.459 e. The van der Waals surface area contributed by atoms with Gasteiger partial charge in [-0.1, -0.05) is 23.7 Å². The van der Waals surface area contributed by atoms with E-state index in [-0.39, 0.29) is 6.10 Å². The summed E-state index contributed by atoms with van der Waals surface area (Å²) < 4.78 is 11.1. The first-order valence-corrected chi connectivity index (χ1v) is 9.77. The monoisotopic (exact) mass is 394 g/mol. The lowest BCUT2D eigenvalue weighted by Gasteiger charge is -2.44. The van der Waals surface area contributed by atoms with Crippen LogP contribution in [0.25, 0.3) is 0 Å². The molecule has 3 heterocycles. The molecular formula is C20H27ClN2O4. The summed E-state index contributed by atoms with van der Waals surface area (Å²) in [5.41, 5.74) is -0.0505. The predicted octanol–water partition coefficient (Wildman–Crippen LogP) is 3.54. The Morgan fingerprint density at radius 2 is 1.81 bits per heavy atom. The van der Waals surface area contributed by atoms with Gasteiger partial charge in [-0.2, -0.15) is 0 Å². The minimum atomic E-state index is -0.937. The maximum Gasteiger partial charge on any atom is 0.408 e. The van der Waals surface area contributed by atoms with Crippen molar-refractivity contribution in [2.45, 2.75) is 51.4 Å². The third kappa shape index (κ3) is 5.36. The molecule has 3 aliphatic heterocycles. The second-order valence-electron chi connectivity index (χ2n) is 8.24.